The minimum atomic E-state index is -1.65. The van der Waals surface area contributed by atoms with Crippen LogP contribution in [0.3, 0.4) is 0 Å². The highest BCUT2D eigenvalue weighted by Crippen LogP contribution is 2.70. The third-order valence-corrected chi connectivity index (χ3v) is 17.9. The molecule has 1 spiro atoms. The summed E-state index contributed by atoms with van der Waals surface area (Å²) < 4.78 is 57.1. The third-order valence-electron chi connectivity index (χ3n) is 17.9. The summed E-state index contributed by atoms with van der Waals surface area (Å²) in [6, 6.07) is 0. The topological polar surface area (TPSA) is 225 Å². The first kappa shape index (κ1) is 46.2. The van der Waals surface area contributed by atoms with Gasteiger partial charge in [-0.15, -0.1) is 0 Å². The SMILES string of the molecule is CO[C@H]1[C@H](OC2O[C@H](C)[C@@H](O)[C@H](O)[C@@H]2O)[C@@H](CO)OC(O[C@H]2CC[C@@]3(C)C(=CC[C@H]4[C@@H]5C[C@@H]6O[C@]7(CC[C@@H](C)CO7)[C@@H](C)[C@@H]6[C@@]5(C)CC[C@@H]43)C2)[C@@H]1OC1O[C@H](C)[C@@H](O)[C@H](O)[C@@H]1O. The second-order valence-corrected chi connectivity index (χ2v) is 21.3. The molecule has 3 unspecified atom stereocenters. The van der Waals surface area contributed by atoms with Gasteiger partial charge in [0.2, 0.25) is 0 Å². The lowest BCUT2D eigenvalue weighted by atomic mass is 9.47. The monoisotopic (exact) mass is 882 g/mol. The highest BCUT2D eigenvalue weighted by molar-refractivity contribution is 5.26. The van der Waals surface area contributed by atoms with E-state index in [1.807, 2.05) is 0 Å². The number of aliphatic hydroxyl groups is 7. The van der Waals surface area contributed by atoms with Gasteiger partial charge in [0.15, 0.2) is 24.7 Å². The molecule has 16 heteroatoms. The molecule has 7 N–H and O–H groups in total. The molecule has 5 saturated heterocycles. The molecule has 0 radical (unpaired) electrons. The summed E-state index contributed by atoms with van der Waals surface area (Å²) in [6.07, 6.45) is -8.29. The summed E-state index contributed by atoms with van der Waals surface area (Å²) in [5.41, 5.74) is 1.60. The van der Waals surface area contributed by atoms with Crippen molar-refractivity contribution in [3.63, 3.8) is 0 Å². The van der Waals surface area contributed by atoms with Crippen molar-refractivity contribution in [1.82, 2.24) is 0 Å². The zero-order valence-corrected chi connectivity index (χ0v) is 37.4. The molecular formula is C46H74O16. The fraction of sp³-hybridized carbons (Fsp3) is 0.957. The molecule has 9 rings (SSSR count). The predicted molar refractivity (Wildman–Crippen MR) is 218 cm³/mol. The van der Waals surface area contributed by atoms with Gasteiger partial charge in [-0.1, -0.05) is 39.3 Å². The van der Waals surface area contributed by atoms with Gasteiger partial charge in [0.25, 0.3) is 0 Å². The predicted octanol–water partition coefficient (Wildman–Crippen LogP) is 1.90. The van der Waals surface area contributed by atoms with Gasteiger partial charge in [0.05, 0.1) is 37.6 Å². The Kier molecular flexibility index (Phi) is 12.9. The Morgan fingerprint density at radius 2 is 1.37 bits per heavy atom. The lowest BCUT2D eigenvalue weighted by Gasteiger charge is -2.59. The molecule has 0 aromatic heterocycles. The van der Waals surface area contributed by atoms with Gasteiger partial charge in [-0.25, -0.2) is 0 Å². The Balaban J connectivity index is 0.928. The fourth-order valence-corrected chi connectivity index (χ4v) is 14.2. The Labute approximate surface area is 365 Å². The van der Waals surface area contributed by atoms with Gasteiger partial charge >= 0.3 is 0 Å². The average molecular weight is 883 g/mol. The van der Waals surface area contributed by atoms with Crippen molar-refractivity contribution in [2.75, 3.05) is 20.3 Å². The summed E-state index contributed by atoms with van der Waals surface area (Å²) in [5.74, 6) is 2.72. The largest absolute Gasteiger partial charge is 0.394 e. The summed E-state index contributed by atoms with van der Waals surface area (Å²) in [6.45, 7) is 13.0. The van der Waals surface area contributed by atoms with E-state index in [2.05, 4.69) is 33.8 Å². The van der Waals surface area contributed by atoms with Crippen LogP contribution in [0.2, 0.25) is 0 Å². The maximum Gasteiger partial charge on any atom is 0.187 e. The third kappa shape index (κ3) is 7.50. The number of allylic oxidation sites excluding steroid dienone is 1. The number of ether oxygens (including phenoxy) is 9. The van der Waals surface area contributed by atoms with Crippen molar-refractivity contribution in [3.05, 3.63) is 11.6 Å². The quantitative estimate of drug-likeness (QED) is 0.173. The van der Waals surface area contributed by atoms with E-state index in [-0.39, 0.29) is 23.0 Å². The van der Waals surface area contributed by atoms with Crippen LogP contribution in [-0.4, -0.2) is 166 Å². The first-order valence-corrected chi connectivity index (χ1v) is 23.6. The maximum atomic E-state index is 11.0. The summed E-state index contributed by atoms with van der Waals surface area (Å²) in [5, 5.41) is 74.6. The van der Waals surface area contributed by atoms with E-state index in [4.69, 9.17) is 42.6 Å². The number of methoxy groups -OCH3 is 1. The lowest BCUT2D eigenvalue weighted by Crippen LogP contribution is -2.67. The average Bonchev–Trinajstić information content (AvgIpc) is 3.70. The van der Waals surface area contributed by atoms with Crippen LogP contribution >= 0.6 is 0 Å². The van der Waals surface area contributed by atoms with Gasteiger partial charge in [0.1, 0.15) is 61.0 Å². The number of fused-ring (bicyclic) bond motifs is 7. The normalized spacial score (nSPS) is 57.6. The van der Waals surface area contributed by atoms with Crippen LogP contribution in [0.25, 0.3) is 0 Å². The van der Waals surface area contributed by atoms with Crippen molar-refractivity contribution in [2.24, 2.45) is 46.3 Å². The molecular weight excluding hydrogens is 808 g/mol. The molecule has 354 valence electrons. The zero-order valence-electron chi connectivity index (χ0n) is 37.4. The first-order valence-electron chi connectivity index (χ1n) is 23.6. The molecule has 0 aromatic rings. The van der Waals surface area contributed by atoms with Gasteiger partial charge in [0, 0.05) is 19.4 Å². The second kappa shape index (κ2) is 17.3. The Bertz CT molecular complexity index is 1610. The van der Waals surface area contributed by atoms with E-state index in [0.717, 1.165) is 45.1 Å². The fourth-order valence-electron chi connectivity index (χ4n) is 14.2. The van der Waals surface area contributed by atoms with E-state index < -0.39 is 105 Å². The van der Waals surface area contributed by atoms with E-state index in [1.54, 1.807) is 6.92 Å². The summed E-state index contributed by atoms with van der Waals surface area (Å²) in [7, 11) is 1.41. The maximum absolute atomic E-state index is 11.0. The molecule has 16 nitrogen and oxygen atoms in total. The Morgan fingerprint density at radius 3 is 1.98 bits per heavy atom. The van der Waals surface area contributed by atoms with Crippen LogP contribution in [0.4, 0.5) is 0 Å². The lowest BCUT2D eigenvalue weighted by molar-refractivity contribution is -0.390. The van der Waals surface area contributed by atoms with E-state index in [0.29, 0.717) is 41.9 Å². The highest BCUT2D eigenvalue weighted by atomic mass is 16.8. The molecule has 26 atom stereocenters. The van der Waals surface area contributed by atoms with Crippen molar-refractivity contribution in [3.8, 4) is 0 Å². The molecule has 8 fully saturated rings. The number of hydrogen-bond acceptors (Lipinski definition) is 16. The number of rotatable bonds is 8. The molecule has 4 aliphatic carbocycles. The smallest absolute Gasteiger partial charge is 0.187 e. The van der Waals surface area contributed by atoms with Crippen LogP contribution in [0.5, 0.6) is 0 Å². The van der Waals surface area contributed by atoms with E-state index in [1.165, 1.54) is 32.4 Å². The Hall–Kier alpha value is -0.900. The molecule has 5 heterocycles. The van der Waals surface area contributed by atoms with Crippen LogP contribution in [0, 0.1) is 46.3 Å². The van der Waals surface area contributed by atoms with E-state index >= 15 is 0 Å². The minimum Gasteiger partial charge on any atom is -0.394 e. The van der Waals surface area contributed by atoms with Crippen LogP contribution in [0.15, 0.2) is 11.6 Å². The van der Waals surface area contributed by atoms with Crippen LogP contribution < -0.4 is 0 Å². The molecule has 0 aromatic carbocycles. The van der Waals surface area contributed by atoms with Crippen molar-refractivity contribution >= 4 is 0 Å². The molecule has 0 amide bonds. The van der Waals surface area contributed by atoms with Crippen molar-refractivity contribution < 1.29 is 78.4 Å². The highest BCUT2D eigenvalue weighted by Gasteiger charge is 2.69. The van der Waals surface area contributed by atoms with Crippen molar-refractivity contribution in [2.45, 2.75) is 209 Å². The molecule has 3 saturated carbocycles. The van der Waals surface area contributed by atoms with Gasteiger partial charge in [-0.3, -0.25) is 0 Å². The van der Waals surface area contributed by atoms with Gasteiger partial charge < -0.3 is 78.4 Å². The summed E-state index contributed by atoms with van der Waals surface area (Å²) >= 11 is 0. The van der Waals surface area contributed by atoms with E-state index in [9.17, 15) is 35.7 Å². The Morgan fingerprint density at radius 1 is 0.710 bits per heavy atom. The zero-order chi connectivity index (χ0) is 44.2. The number of hydrogen-bond donors (Lipinski definition) is 7. The minimum absolute atomic E-state index is 0.00630. The van der Waals surface area contributed by atoms with Gasteiger partial charge in [-0.2, -0.15) is 0 Å². The number of aliphatic hydroxyl groups excluding tert-OH is 7. The summed E-state index contributed by atoms with van der Waals surface area (Å²) in [4.78, 5) is 0. The molecule has 0 bridgehead atoms. The van der Waals surface area contributed by atoms with Crippen LogP contribution in [-0.2, 0) is 42.6 Å². The standard InChI is InChI=1S/C46H74O16/c1-20-10-15-46(55-19-20)21(2)31-29(62-46)17-28-26-9-8-24-16-25(11-13-44(24,5)27(26)12-14-45(28,31)6)58-43-40(61-42-37(53)35(51)33(49)23(4)57-42)39(54-7)38(30(18-47)59-43)60-41-36(52)34(50)32(48)22(3)56-41/h8,20-23,25-43,47-53H,9-19H2,1-7H3/t20-,21+,22-,23-,25+,26-,27+,28+,29+,30-,31+,32-,33-,34+,35+,36+,37+,38-,39+,40-,41?,42?,43?,44+,45+,46-/m1/s1. The van der Waals surface area contributed by atoms with Crippen molar-refractivity contribution in [1.29, 1.82) is 0 Å². The molecule has 5 aliphatic heterocycles. The first-order chi connectivity index (χ1) is 29.4. The van der Waals surface area contributed by atoms with Crippen LogP contribution in [0.1, 0.15) is 99.3 Å². The second-order valence-electron chi connectivity index (χ2n) is 21.3. The molecule has 62 heavy (non-hydrogen) atoms. The van der Waals surface area contributed by atoms with Gasteiger partial charge in [-0.05, 0) is 106 Å². The molecule has 9 aliphatic rings.